The summed E-state index contributed by atoms with van der Waals surface area (Å²) in [6, 6.07) is 0. The van der Waals surface area contributed by atoms with Crippen molar-refractivity contribution in [2.75, 3.05) is 17.8 Å². The minimum Gasteiger partial charge on any atom is -0.480 e. The van der Waals surface area contributed by atoms with Crippen molar-refractivity contribution in [3.8, 4) is 0 Å². The lowest BCUT2D eigenvalue weighted by Gasteiger charge is -2.34. The van der Waals surface area contributed by atoms with Crippen molar-refractivity contribution < 1.29 is 23.1 Å². The molecular formula is C13H22N4O5S. The van der Waals surface area contributed by atoms with Gasteiger partial charge in [-0.25, -0.2) is 0 Å². The molecule has 23 heavy (non-hydrogen) atoms. The average Bonchev–Trinajstić information content (AvgIpc) is 2.64. The van der Waals surface area contributed by atoms with Gasteiger partial charge in [-0.2, -0.15) is 17.8 Å². The van der Waals surface area contributed by atoms with Crippen LogP contribution in [0.15, 0.2) is 0 Å². The zero-order valence-electron chi connectivity index (χ0n) is 13.6. The fourth-order valence-corrected chi connectivity index (χ4v) is 4.14. The van der Waals surface area contributed by atoms with Gasteiger partial charge in [0.25, 0.3) is 0 Å². The van der Waals surface area contributed by atoms with Crippen LogP contribution in [0.3, 0.4) is 0 Å². The van der Waals surface area contributed by atoms with E-state index in [1.807, 2.05) is 13.8 Å². The first-order chi connectivity index (χ1) is 10.6. The van der Waals surface area contributed by atoms with Crippen molar-refractivity contribution in [3.63, 3.8) is 0 Å². The smallest absolute Gasteiger partial charge is 0.325 e. The third-order valence-electron chi connectivity index (χ3n) is 3.62. The number of anilines is 1. The number of nitrogens with one attached hydrogen (secondary N) is 1. The normalized spacial score (nSPS) is 23.0. The van der Waals surface area contributed by atoms with Crippen LogP contribution in [0.1, 0.15) is 25.2 Å². The van der Waals surface area contributed by atoms with Crippen LogP contribution in [0.2, 0.25) is 0 Å². The van der Waals surface area contributed by atoms with Gasteiger partial charge in [-0.05, 0) is 27.7 Å². The standard InChI is InChI=1S/C13H22N4O5S/c1-8-5-16(6-9(2)22-8)23(20,21)15-13-10(3)14-17(11(13)4)7-12(18)19/h8-9,15H,5-7H2,1-4H3,(H,18,19)/t8-,9-/m1/s1. The number of aryl methyl sites for hydroxylation is 1. The summed E-state index contributed by atoms with van der Waals surface area (Å²) >= 11 is 0. The molecule has 2 N–H and O–H groups in total. The Bertz CT molecular complexity index is 689. The molecular weight excluding hydrogens is 324 g/mol. The molecule has 0 radical (unpaired) electrons. The molecule has 0 bridgehead atoms. The summed E-state index contributed by atoms with van der Waals surface area (Å²) in [4.78, 5) is 10.8. The number of rotatable bonds is 5. The van der Waals surface area contributed by atoms with Gasteiger partial charge in [0.2, 0.25) is 0 Å². The van der Waals surface area contributed by atoms with Crippen LogP contribution in [-0.2, 0) is 26.3 Å². The lowest BCUT2D eigenvalue weighted by atomic mass is 10.3. The number of aliphatic carboxylic acids is 1. The van der Waals surface area contributed by atoms with E-state index in [0.717, 1.165) is 0 Å². The Labute approximate surface area is 135 Å². The van der Waals surface area contributed by atoms with Gasteiger partial charge in [0.05, 0.1) is 29.3 Å². The molecule has 0 amide bonds. The van der Waals surface area contributed by atoms with E-state index in [-0.39, 0.29) is 31.8 Å². The molecule has 10 heteroatoms. The van der Waals surface area contributed by atoms with Crippen LogP contribution in [0.25, 0.3) is 0 Å². The average molecular weight is 346 g/mol. The molecule has 1 aromatic heterocycles. The first-order valence-electron chi connectivity index (χ1n) is 7.29. The number of nitrogens with zero attached hydrogens (tertiary/aromatic N) is 3. The number of ether oxygens (including phenoxy) is 1. The molecule has 9 nitrogen and oxygen atoms in total. The molecule has 2 rings (SSSR count). The quantitative estimate of drug-likeness (QED) is 0.795. The van der Waals surface area contributed by atoms with Crippen LogP contribution < -0.4 is 4.72 Å². The van der Waals surface area contributed by atoms with E-state index in [9.17, 15) is 13.2 Å². The Hall–Kier alpha value is -1.65. The summed E-state index contributed by atoms with van der Waals surface area (Å²) in [5, 5.41) is 12.9. The summed E-state index contributed by atoms with van der Waals surface area (Å²) in [6.45, 7) is 7.11. The van der Waals surface area contributed by atoms with Gasteiger partial charge in [-0.1, -0.05) is 0 Å². The van der Waals surface area contributed by atoms with E-state index < -0.39 is 16.2 Å². The molecule has 0 unspecified atom stereocenters. The third-order valence-corrected chi connectivity index (χ3v) is 5.06. The molecule has 1 aliphatic heterocycles. The molecule has 0 aromatic carbocycles. The Kier molecular flexibility index (Phi) is 4.97. The highest BCUT2D eigenvalue weighted by molar-refractivity contribution is 7.90. The van der Waals surface area contributed by atoms with E-state index in [2.05, 4.69) is 9.82 Å². The van der Waals surface area contributed by atoms with Crippen LogP contribution in [0, 0.1) is 13.8 Å². The van der Waals surface area contributed by atoms with Crippen LogP contribution in [-0.4, -0.2) is 58.9 Å². The molecule has 2 atom stereocenters. The molecule has 0 aliphatic carbocycles. The molecule has 1 fully saturated rings. The maximum absolute atomic E-state index is 12.6. The van der Waals surface area contributed by atoms with Crippen molar-refractivity contribution >= 4 is 21.9 Å². The van der Waals surface area contributed by atoms with Gasteiger partial charge < -0.3 is 9.84 Å². The van der Waals surface area contributed by atoms with Crippen molar-refractivity contribution in [3.05, 3.63) is 11.4 Å². The predicted molar refractivity (Wildman–Crippen MR) is 83.5 cm³/mol. The fourth-order valence-electron chi connectivity index (χ4n) is 2.65. The number of morpholine rings is 1. The van der Waals surface area contributed by atoms with E-state index in [1.165, 1.54) is 8.99 Å². The highest BCUT2D eigenvalue weighted by Crippen LogP contribution is 2.23. The molecule has 130 valence electrons. The van der Waals surface area contributed by atoms with Crippen molar-refractivity contribution in [2.45, 2.75) is 46.4 Å². The largest absolute Gasteiger partial charge is 0.480 e. The fraction of sp³-hybridized carbons (Fsp3) is 0.692. The Balaban J connectivity index is 2.24. The highest BCUT2D eigenvalue weighted by Gasteiger charge is 2.32. The number of carboxylic acid groups (broad SMARTS) is 1. The van der Waals surface area contributed by atoms with E-state index >= 15 is 0 Å². The van der Waals surface area contributed by atoms with Crippen LogP contribution in [0.4, 0.5) is 5.69 Å². The topological polar surface area (TPSA) is 114 Å². The van der Waals surface area contributed by atoms with Gasteiger partial charge in [-0.15, -0.1) is 0 Å². The van der Waals surface area contributed by atoms with E-state index in [0.29, 0.717) is 17.1 Å². The van der Waals surface area contributed by atoms with Gasteiger partial charge in [-0.3, -0.25) is 14.2 Å². The summed E-state index contributed by atoms with van der Waals surface area (Å²) in [6.07, 6.45) is -0.375. The lowest BCUT2D eigenvalue weighted by Crippen LogP contribution is -2.50. The number of carboxylic acids is 1. The Morgan fingerprint density at radius 1 is 1.35 bits per heavy atom. The number of hydrogen-bond acceptors (Lipinski definition) is 5. The second kappa shape index (κ2) is 6.46. The molecule has 0 spiro atoms. The summed E-state index contributed by atoms with van der Waals surface area (Å²) in [5.41, 5.74) is 1.21. The van der Waals surface area contributed by atoms with E-state index in [1.54, 1.807) is 13.8 Å². The first kappa shape index (κ1) is 17.7. The summed E-state index contributed by atoms with van der Waals surface area (Å²) < 4.78 is 35.8. The highest BCUT2D eigenvalue weighted by atomic mass is 32.2. The maximum atomic E-state index is 12.6. The second-order valence-corrected chi connectivity index (χ2v) is 7.45. The number of carbonyl (C=O) groups is 1. The molecule has 1 aliphatic rings. The van der Waals surface area contributed by atoms with Crippen molar-refractivity contribution in [2.24, 2.45) is 0 Å². The predicted octanol–water partition coefficient (Wildman–Crippen LogP) is 0.350. The monoisotopic (exact) mass is 346 g/mol. The Morgan fingerprint density at radius 3 is 2.43 bits per heavy atom. The lowest BCUT2D eigenvalue weighted by molar-refractivity contribution is -0.137. The molecule has 2 heterocycles. The van der Waals surface area contributed by atoms with Gasteiger partial charge >= 0.3 is 16.2 Å². The zero-order chi connectivity index (χ0) is 17.4. The summed E-state index contributed by atoms with van der Waals surface area (Å²) in [7, 11) is -3.76. The minimum atomic E-state index is -3.76. The first-order valence-corrected chi connectivity index (χ1v) is 8.73. The van der Waals surface area contributed by atoms with Gasteiger partial charge in [0, 0.05) is 13.1 Å². The van der Waals surface area contributed by atoms with E-state index in [4.69, 9.17) is 9.84 Å². The number of hydrogen-bond donors (Lipinski definition) is 2. The van der Waals surface area contributed by atoms with Gasteiger partial charge in [0.1, 0.15) is 6.54 Å². The summed E-state index contributed by atoms with van der Waals surface area (Å²) in [5.74, 6) is -1.04. The SMILES string of the molecule is Cc1nn(CC(=O)O)c(C)c1NS(=O)(=O)N1C[C@@H](C)O[C@H](C)C1. The molecule has 1 aromatic rings. The van der Waals surface area contributed by atoms with Gasteiger partial charge in [0.15, 0.2) is 0 Å². The van der Waals surface area contributed by atoms with Crippen LogP contribution >= 0.6 is 0 Å². The molecule has 0 saturated carbocycles. The zero-order valence-corrected chi connectivity index (χ0v) is 14.4. The minimum absolute atomic E-state index is 0.188. The number of aromatic nitrogens is 2. The third kappa shape index (κ3) is 4.01. The van der Waals surface area contributed by atoms with Crippen LogP contribution in [0.5, 0.6) is 0 Å². The Morgan fingerprint density at radius 2 is 1.91 bits per heavy atom. The molecule has 1 saturated heterocycles. The van der Waals surface area contributed by atoms with Crippen molar-refractivity contribution in [1.82, 2.24) is 14.1 Å². The van der Waals surface area contributed by atoms with Crippen molar-refractivity contribution in [1.29, 1.82) is 0 Å². The maximum Gasteiger partial charge on any atom is 0.325 e. The second-order valence-electron chi connectivity index (χ2n) is 5.78.